The van der Waals surface area contributed by atoms with Gasteiger partial charge < -0.3 is 15.5 Å². The first kappa shape index (κ1) is 18.5. The lowest BCUT2D eigenvalue weighted by Gasteiger charge is -2.25. The highest BCUT2D eigenvalue weighted by atomic mass is 19.1. The second-order valence-corrected chi connectivity index (χ2v) is 7.78. The van der Waals surface area contributed by atoms with Crippen molar-refractivity contribution in [3.8, 4) is 0 Å². The Kier molecular flexibility index (Phi) is 5.48. The average molecular weight is 371 g/mol. The summed E-state index contributed by atoms with van der Waals surface area (Å²) in [6, 6.07) is 8.62. The first-order chi connectivity index (χ1) is 13.2. The summed E-state index contributed by atoms with van der Waals surface area (Å²) in [5.41, 5.74) is 1.55. The Bertz CT molecular complexity index is 784. The number of aromatic nitrogens is 2. The molecule has 0 amide bonds. The molecule has 4 atom stereocenters. The molecule has 4 unspecified atom stereocenters. The third-order valence-corrected chi connectivity index (χ3v) is 5.90. The van der Waals surface area contributed by atoms with Gasteiger partial charge >= 0.3 is 0 Å². The fourth-order valence-corrected chi connectivity index (χ4v) is 4.17. The molecule has 2 aliphatic carbocycles. The van der Waals surface area contributed by atoms with Crippen molar-refractivity contribution in [2.45, 2.75) is 50.3 Å². The molecule has 2 saturated carbocycles. The Morgan fingerprint density at radius 1 is 1.15 bits per heavy atom. The van der Waals surface area contributed by atoms with Gasteiger partial charge in [0.25, 0.3) is 0 Å². The van der Waals surface area contributed by atoms with Crippen LogP contribution in [0.2, 0.25) is 0 Å². The van der Waals surface area contributed by atoms with E-state index in [1.807, 2.05) is 12.1 Å². The smallest absolute Gasteiger partial charge is 0.131 e. The number of aliphatic hydroxyl groups is 2. The van der Waals surface area contributed by atoms with E-state index >= 15 is 0 Å². The molecule has 144 valence electrons. The van der Waals surface area contributed by atoms with Crippen LogP contribution in [0.4, 0.5) is 4.39 Å². The number of halogens is 1. The van der Waals surface area contributed by atoms with Crippen LogP contribution < -0.4 is 5.32 Å². The Morgan fingerprint density at radius 3 is 2.70 bits per heavy atom. The zero-order valence-corrected chi connectivity index (χ0v) is 15.3. The normalized spacial score (nSPS) is 27.8. The van der Waals surface area contributed by atoms with Crippen molar-refractivity contribution >= 4 is 0 Å². The minimum Gasteiger partial charge on any atom is -0.396 e. The molecule has 1 aromatic heterocycles. The third kappa shape index (κ3) is 4.18. The molecule has 1 aromatic carbocycles. The van der Waals surface area contributed by atoms with Crippen LogP contribution in [0.25, 0.3) is 0 Å². The van der Waals surface area contributed by atoms with Crippen LogP contribution in [0, 0.1) is 17.7 Å². The maximum Gasteiger partial charge on any atom is 0.131 e. The Morgan fingerprint density at radius 2 is 1.96 bits per heavy atom. The molecule has 6 heteroatoms. The van der Waals surface area contributed by atoms with Gasteiger partial charge in [0.05, 0.1) is 6.10 Å². The third-order valence-electron chi connectivity index (χ3n) is 5.90. The van der Waals surface area contributed by atoms with E-state index in [1.54, 1.807) is 18.3 Å². The Hall–Kier alpha value is -1.89. The van der Waals surface area contributed by atoms with Crippen molar-refractivity contribution in [1.82, 2.24) is 15.3 Å². The number of nitrogens with one attached hydrogen (secondary N) is 1. The van der Waals surface area contributed by atoms with Gasteiger partial charge in [-0.15, -0.1) is 0 Å². The zero-order valence-electron chi connectivity index (χ0n) is 15.3. The van der Waals surface area contributed by atoms with Crippen molar-refractivity contribution in [3.05, 3.63) is 59.4 Å². The van der Waals surface area contributed by atoms with Crippen LogP contribution in [0.5, 0.6) is 0 Å². The summed E-state index contributed by atoms with van der Waals surface area (Å²) in [4.78, 5) is 9.06. The largest absolute Gasteiger partial charge is 0.396 e. The highest BCUT2D eigenvalue weighted by Gasteiger charge is 2.42. The van der Waals surface area contributed by atoms with Crippen LogP contribution >= 0.6 is 0 Å². The average Bonchev–Trinajstić information content (AvgIpc) is 3.47. The first-order valence-corrected chi connectivity index (χ1v) is 9.73. The highest BCUT2D eigenvalue weighted by Crippen LogP contribution is 2.38. The minimum absolute atomic E-state index is 0.00361. The van der Waals surface area contributed by atoms with E-state index in [-0.39, 0.29) is 30.3 Å². The highest BCUT2D eigenvalue weighted by molar-refractivity contribution is 5.17. The lowest BCUT2D eigenvalue weighted by molar-refractivity contribution is 0.0716. The SMILES string of the molecule is OCC1C(O)CC(NCc2ccccc2F)C1Cc1ccnc(C2CC2)n1. The number of hydrogen-bond donors (Lipinski definition) is 3. The molecule has 0 aliphatic heterocycles. The molecule has 5 nitrogen and oxygen atoms in total. The predicted molar refractivity (Wildman–Crippen MR) is 99.4 cm³/mol. The summed E-state index contributed by atoms with van der Waals surface area (Å²) in [6.07, 6.45) is 4.75. The van der Waals surface area contributed by atoms with Crippen LogP contribution in [0.15, 0.2) is 36.5 Å². The number of aliphatic hydroxyl groups excluding tert-OH is 2. The summed E-state index contributed by atoms with van der Waals surface area (Å²) < 4.78 is 13.9. The summed E-state index contributed by atoms with van der Waals surface area (Å²) in [6.45, 7) is 0.333. The predicted octanol–water partition coefficient (Wildman–Crippen LogP) is 2.18. The van der Waals surface area contributed by atoms with E-state index in [0.29, 0.717) is 30.9 Å². The fourth-order valence-electron chi connectivity index (χ4n) is 4.17. The molecule has 27 heavy (non-hydrogen) atoms. The molecule has 2 aliphatic rings. The molecular formula is C21H26FN3O2. The standard InChI is InChI=1S/C21H26FN3O2/c22-18-4-2-1-3-14(18)11-24-19-10-20(27)17(12-26)16(19)9-15-7-8-23-21(25-15)13-5-6-13/h1-4,7-8,13,16-17,19-20,24,26-27H,5-6,9-12H2. The Labute approximate surface area is 158 Å². The number of rotatable bonds is 7. The topological polar surface area (TPSA) is 78.3 Å². The van der Waals surface area contributed by atoms with Crippen molar-refractivity contribution in [1.29, 1.82) is 0 Å². The Balaban J connectivity index is 1.48. The van der Waals surface area contributed by atoms with Crippen molar-refractivity contribution in [3.63, 3.8) is 0 Å². The van der Waals surface area contributed by atoms with Crippen molar-refractivity contribution in [2.24, 2.45) is 11.8 Å². The van der Waals surface area contributed by atoms with Gasteiger partial charge in [-0.25, -0.2) is 14.4 Å². The lowest BCUT2D eigenvalue weighted by atomic mass is 9.88. The van der Waals surface area contributed by atoms with Crippen molar-refractivity contribution < 1.29 is 14.6 Å². The van der Waals surface area contributed by atoms with E-state index in [4.69, 9.17) is 4.98 Å². The molecule has 2 fully saturated rings. The van der Waals surface area contributed by atoms with Gasteiger partial charge in [0, 0.05) is 48.5 Å². The van der Waals surface area contributed by atoms with E-state index in [9.17, 15) is 14.6 Å². The van der Waals surface area contributed by atoms with Gasteiger partial charge in [0.1, 0.15) is 11.6 Å². The van der Waals surface area contributed by atoms with Gasteiger partial charge in [0.2, 0.25) is 0 Å². The van der Waals surface area contributed by atoms with Crippen LogP contribution in [0.3, 0.4) is 0 Å². The summed E-state index contributed by atoms with van der Waals surface area (Å²) >= 11 is 0. The maximum atomic E-state index is 13.9. The molecule has 0 radical (unpaired) electrons. The lowest BCUT2D eigenvalue weighted by Crippen LogP contribution is -2.36. The number of hydrogen-bond acceptors (Lipinski definition) is 5. The van der Waals surface area contributed by atoms with Crippen LogP contribution in [0.1, 0.15) is 42.3 Å². The molecule has 0 spiro atoms. The second kappa shape index (κ2) is 8.00. The molecule has 0 bridgehead atoms. The van der Waals surface area contributed by atoms with E-state index < -0.39 is 6.10 Å². The first-order valence-electron chi connectivity index (χ1n) is 9.73. The van der Waals surface area contributed by atoms with Crippen molar-refractivity contribution in [2.75, 3.05) is 6.61 Å². The van der Waals surface area contributed by atoms with E-state index in [2.05, 4.69) is 10.3 Å². The van der Waals surface area contributed by atoms with Gasteiger partial charge in [0.15, 0.2) is 0 Å². The molecule has 0 saturated heterocycles. The van der Waals surface area contributed by atoms with E-state index in [0.717, 1.165) is 24.4 Å². The summed E-state index contributed by atoms with van der Waals surface area (Å²) in [5.74, 6) is 0.995. The van der Waals surface area contributed by atoms with Crippen LogP contribution in [-0.2, 0) is 13.0 Å². The molecular weight excluding hydrogens is 345 g/mol. The molecule has 1 heterocycles. The van der Waals surface area contributed by atoms with Crippen LogP contribution in [-0.4, -0.2) is 38.9 Å². The summed E-state index contributed by atoms with van der Waals surface area (Å²) in [5, 5.41) is 23.6. The number of benzene rings is 1. The minimum atomic E-state index is -0.567. The quantitative estimate of drug-likeness (QED) is 0.695. The summed E-state index contributed by atoms with van der Waals surface area (Å²) in [7, 11) is 0. The molecule has 4 rings (SSSR count). The van der Waals surface area contributed by atoms with Gasteiger partial charge in [-0.05, 0) is 43.7 Å². The molecule has 3 N–H and O–H groups in total. The van der Waals surface area contributed by atoms with Gasteiger partial charge in [-0.1, -0.05) is 18.2 Å². The maximum absolute atomic E-state index is 13.9. The van der Waals surface area contributed by atoms with Gasteiger partial charge in [-0.3, -0.25) is 0 Å². The molecule has 2 aromatic rings. The monoisotopic (exact) mass is 371 g/mol. The fraction of sp³-hybridized carbons (Fsp3) is 0.524. The van der Waals surface area contributed by atoms with E-state index in [1.165, 1.54) is 6.07 Å². The number of nitrogens with zero attached hydrogens (tertiary/aromatic N) is 2. The second-order valence-electron chi connectivity index (χ2n) is 7.78. The van der Waals surface area contributed by atoms with Gasteiger partial charge in [-0.2, -0.15) is 0 Å². The zero-order chi connectivity index (χ0) is 18.8.